The van der Waals surface area contributed by atoms with Crippen molar-refractivity contribution in [3.63, 3.8) is 0 Å². The first kappa shape index (κ1) is 13.9. The van der Waals surface area contributed by atoms with Gasteiger partial charge in [-0.15, -0.1) is 0 Å². The fraction of sp³-hybridized carbons (Fsp3) is 0.600. The maximum absolute atomic E-state index is 10.7. The molecule has 0 saturated heterocycles. The third kappa shape index (κ3) is 2.57. The number of benzene rings is 1. The highest BCUT2D eigenvalue weighted by molar-refractivity contribution is 9.10. The van der Waals surface area contributed by atoms with Crippen molar-refractivity contribution in [1.82, 2.24) is 0 Å². The number of halogens is 1. The van der Waals surface area contributed by atoms with Crippen LogP contribution in [0, 0.1) is 11.3 Å². The highest BCUT2D eigenvalue weighted by Gasteiger charge is 2.40. The van der Waals surface area contributed by atoms with Crippen molar-refractivity contribution in [2.45, 2.75) is 39.2 Å². The van der Waals surface area contributed by atoms with E-state index in [0.717, 1.165) is 22.2 Å². The number of aliphatic hydroxyl groups is 1. The normalized spacial score (nSPS) is 23.9. The summed E-state index contributed by atoms with van der Waals surface area (Å²) in [6, 6.07) is 5.82. The van der Waals surface area contributed by atoms with Crippen molar-refractivity contribution in [2.24, 2.45) is 11.3 Å². The van der Waals surface area contributed by atoms with Crippen LogP contribution in [0.5, 0.6) is 5.75 Å². The molecule has 1 aliphatic rings. The Morgan fingerprint density at radius 1 is 1.44 bits per heavy atom. The number of aliphatic hydroxyl groups excluding tert-OH is 1. The smallest absolute Gasteiger partial charge is 0.124 e. The molecule has 1 aliphatic carbocycles. The number of hydrogen-bond donors (Lipinski definition) is 1. The Balaban J connectivity index is 2.33. The molecule has 2 unspecified atom stereocenters. The van der Waals surface area contributed by atoms with E-state index in [0.29, 0.717) is 5.92 Å². The minimum Gasteiger partial charge on any atom is -0.496 e. The van der Waals surface area contributed by atoms with E-state index in [4.69, 9.17) is 4.74 Å². The maximum Gasteiger partial charge on any atom is 0.124 e. The van der Waals surface area contributed by atoms with E-state index in [9.17, 15) is 5.11 Å². The molecule has 1 aromatic carbocycles. The van der Waals surface area contributed by atoms with E-state index in [1.807, 2.05) is 18.2 Å². The molecule has 1 saturated carbocycles. The zero-order chi connectivity index (χ0) is 13.3. The van der Waals surface area contributed by atoms with Crippen LogP contribution in [0.2, 0.25) is 0 Å². The van der Waals surface area contributed by atoms with Crippen LogP contribution >= 0.6 is 15.9 Å². The van der Waals surface area contributed by atoms with Gasteiger partial charge in [0.25, 0.3) is 0 Å². The Kier molecular flexibility index (Phi) is 4.02. The highest BCUT2D eigenvalue weighted by atomic mass is 79.9. The Labute approximate surface area is 117 Å². The van der Waals surface area contributed by atoms with E-state index in [1.165, 1.54) is 12.8 Å². The summed E-state index contributed by atoms with van der Waals surface area (Å²) in [6.07, 6.45) is 3.02. The Bertz CT molecular complexity index is 429. The Hall–Kier alpha value is -0.540. The summed E-state index contributed by atoms with van der Waals surface area (Å²) >= 11 is 3.46. The van der Waals surface area contributed by atoms with Gasteiger partial charge in [-0.05, 0) is 42.4 Å². The molecule has 0 heterocycles. The number of rotatable bonds is 3. The highest BCUT2D eigenvalue weighted by Crippen LogP contribution is 2.50. The Morgan fingerprint density at radius 3 is 2.72 bits per heavy atom. The Morgan fingerprint density at radius 2 is 2.17 bits per heavy atom. The zero-order valence-corrected chi connectivity index (χ0v) is 12.8. The quantitative estimate of drug-likeness (QED) is 0.900. The van der Waals surface area contributed by atoms with Crippen molar-refractivity contribution in [1.29, 1.82) is 0 Å². The van der Waals surface area contributed by atoms with Crippen molar-refractivity contribution < 1.29 is 9.84 Å². The molecule has 18 heavy (non-hydrogen) atoms. The van der Waals surface area contributed by atoms with Gasteiger partial charge in [0.15, 0.2) is 0 Å². The van der Waals surface area contributed by atoms with Crippen LogP contribution in [0.15, 0.2) is 22.7 Å². The summed E-state index contributed by atoms with van der Waals surface area (Å²) in [4.78, 5) is 0. The van der Waals surface area contributed by atoms with Gasteiger partial charge in [-0.1, -0.05) is 36.2 Å². The molecular weight excluding hydrogens is 292 g/mol. The molecule has 2 rings (SSSR count). The van der Waals surface area contributed by atoms with Crippen LogP contribution in [-0.2, 0) is 0 Å². The molecule has 0 amide bonds. The number of hydrogen-bond acceptors (Lipinski definition) is 2. The number of methoxy groups -OCH3 is 1. The van der Waals surface area contributed by atoms with Crippen molar-refractivity contribution >= 4 is 15.9 Å². The lowest BCUT2D eigenvalue weighted by atomic mass is 9.76. The zero-order valence-electron chi connectivity index (χ0n) is 11.2. The molecule has 0 radical (unpaired) electrons. The standard InChI is InChI=1S/C15H21BrO2/c1-15(2)8-4-5-12(15)14(17)11-9-10(16)6-7-13(11)18-3/h6-7,9,12,14,17H,4-5,8H2,1-3H3. The average molecular weight is 313 g/mol. The fourth-order valence-corrected chi connectivity index (χ4v) is 3.47. The molecule has 100 valence electrons. The van der Waals surface area contributed by atoms with Gasteiger partial charge < -0.3 is 9.84 Å². The van der Waals surface area contributed by atoms with Gasteiger partial charge in [0.1, 0.15) is 5.75 Å². The van der Waals surface area contributed by atoms with Crippen LogP contribution < -0.4 is 4.74 Å². The van der Waals surface area contributed by atoms with Gasteiger partial charge in [-0.25, -0.2) is 0 Å². The molecule has 1 fully saturated rings. The predicted octanol–water partition coefficient (Wildman–Crippen LogP) is 4.32. The van der Waals surface area contributed by atoms with E-state index in [1.54, 1.807) is 7.11 Å². The molecule has 1 aromatic rings. The second-order valence-corrected chi connectivity index (χ2v) is 6.73. The van der Waals surface area contributed by atoms with Crippen molar-refractivity contribution in [3.8, 4) is 5.75 Å². The first-order chi connectivity index (χ1) is 8.45. The minimum absolute atomic E-state index is 0.201. The van der Waals surface area contributed by atoms with Crippen LogP contribution in [-0.4, -0.2) is 12.2 Å². The SMILES string of the molecule is COc1ccc(Br)cc1C(O)C1CCCC1(C)C. The third-order valence-electron chi connectivity index (χ3n) is 4.23. The molecule has 1 N–H and O–H groups in total. The summed E-state index contributed by atoms with van der Waals surface area (Å²) < 4.78 is 6.35. The lowest BCUT2D eigenvalue weighted by molar-refractivity contribution is 0.0513. The van der Waals surface area contributed by atoms with Crippen LogP contribution in [0.3, 0.4) is 0 Å². The minimum atomic E-state index is -0.449. The third-order valence-corrected chi connectivity index (χ3v) is 4.72. The van der Waals surface area contributed by atoms with Gasteiger partial charge in [0, 0.05) is 10.0 Å². The summed E-state index contributed by atoms with van der Waals surface area (Å²) in [5, 5.41) is 10.7. The van der Waals surface area contributed by atoms with Gasteiger partial charge in [-0.3, -0.25) is 0 Å². The summed E-state index contributed by atoms with van der Waals surface area (Å²) in [6.45, 7) is 4.50. The average Bonchev–Trinajstić information content (AvgIpc) is 2.68. The van der Waals surface area contributed by atoms with E-state index in [2.05, 4.69) is 29.8 Å². The fourth-order valence-electron chi connectivity index (χ4n) is 3.09. The monoisotopic (exact) mass is 312 g/mol. The van der Waals surface area contributed by atoms with Gasteiger partial charge in [0.05, 0.1) is 13.2 Å². The molecule has 2 nitrogen and oxygen atoms in total. The van der Waals surface area contributed by atoms with E-state index in [-0.39, 0.29) is 5.41 Å². The molecule has 0 aromatic heterocycles. The topological polar surface area (TPSA) is 29.5 Å². The second kappa shape index (κ2) is 5.22. The molecule has 0 bridgehead atoms. The van der Waals surface area contributed by atoms with E-state index >= 15 is 0 Å². The van der Waals surface area contributed by atoms with Gasteiger partial charge in [-0.2, -0.15) is 0 Å². The van der Waals surface area contributed by atoms with Crippen LogP contribution in [0.4, 0.5) is 0 Å². The van der Waals surface area contributed by atoms with Crippen molar-refractivity contribution in [2.75, 3.05) is 7.11 Å². The molecule has 3 heteroatoms. The van der Waals surface area contributed by atoms with E-state index < -0.39 is 6.10 Å². The first-order valence-electron chi connectivity index (χ1n) is 6.47. The molecule has 0 spiro atoms. The second-order valence-electron chi connectivity index (χ2n) is 5.82. The van der Waals surface area contributed by atoms with Crippen LogP contribution in [0.1, 0.15) is 44.8 Å². The summed E-state index contributed by atoms with van der Waals surface area (Å²) in [7, 11) is 1.65. The van der Waals surface area contributed by atoms with Crippen molar-refractivity contribution in [3.05, 3.63) is 28.2 Å². The number of ether oxygens (including phenoxy) is 1. The maximum atomic E-state index is 10.7. The first-order valence-corrected chi connectivity index (χ1v) is 7.26. The summed E-state index contributed by atoms with van der Waals surface area (Å²) in [5.74, 6) is 1.08. The molecule has 0 aliphatic heterocycles. The predicted molar refractivity (Wildman–Crippen MR) is 76.8 cm³/mol. The lowest BCUT2D eigenvalue weighted by Gasteiger charge is -2.32. The summed E-state index contributed by atoms with van der Waals surface area (Å²) in [5.41, 5.74) is 1.10. The van der Waals surface area contributed by atoms with Gasteiger partial charge >= 0.3 is 0 Å². The molecular formula is C15H21BrO2. The lowest BCUT2D eigenvalue weighted by Crippen LogP contribution is -2.24. The largest absolute Gasteiger partial charge is 0.496 e. The molecule has 2 atom stereocenters. The van der Waals surface area contributed by atoms with Gasteiger partial charge in [0.2, 0.25) is 0 Å². The van der Waals surface area contributed by atoms with Crippen LogP contribution in [0.25, 0.3) is 0 Å².